The molecule has 0 aliphatic carbocycles. The Morgan fingerprint density at radius 2 is 2.07 bits per heavy atom. The van der Waals surface area contributed by atoms with E-state index in [4.69, 9.17) is 5.26 Å². The lowest BCUT2D eigenvalue weighted by Crippen LogP contribution is -1.91. The maximum absolute atomic E-state index is 9.73. The number of hydrogen-bond acceptors (Lipinski definition) is 2. The minimum Gasteiger partial charge on any atom is -0.384 e. The summed E-state index contributed by atoms with van der Waals surface area (Å²) in [6, 6.07) is 11.6. The maximum atomic E-state index is 9.73. The number of aliphatic hydroxyl groups is 1. The van der Waals surface area contributed by atoms with Gasteiger partial charge in [0.05, 0.1) is 12.2 Å². The van der Waals surface area contributed by atoms with Gasteiger partial charge in [-0.2, -0.15) is 5.26 Å². The van der Waals surface area contributed by atoms with E-state index in [2.05, 4.69) is 6.07 Å². The van der Waals surface area contributed by atoms with Crippen molar-refractivity contribution in [3.63, 3.8) is 0 Å². The molecule has 2 heteroatoms. The summed E-state index contributed by atoms with van der Waals surface area (Å²) in [4.78, 5) is 0. The first-order chi connectivity index (χ1) is 7.34. The van der Waals surface area contributed by atoms with Crippen LogP contribution in [0.25, 0.3) is 0 Å². The zero-order valence-corrected chi connectivity index (χ0v) is 8.63. The molecule has 0 amide bonds. The van der Waals surface area contributed by atoms with Crippen molar-refractivity contribution in [1.82, 2.24) is 0 Å². The highest BCUT2D eigenvalue weighted by molar-refractivity contribution is 5.20. The summed E-state index contributed by atoms with van der Waals surface area (Å²) < 4.78 is 0. The molecule has 1 aromatic carbocycles. The van der Waals surface area contributed by atoms with Crippen LogP contribution in [0.5, 0.6) is 0 Å². The minimum atomic E-state index is -0.534. The van der Waals surface area contributed by atoms with Crippen LogP contribution in [0.15, 0.2) is 42.5 Å². The summed E-state index contributed by atoms with van der Waals surface area (Å²) in [5.41, 5.74) is 0.897. The van der Waals surface area contributed by atoms with Crippen molar-refractivity contribution in [3.8, 4) is 6.07 Å². The van der Waals surface area contributed by atoms with E-state index >= 15 is 0 Å². The minimum absolute atomic E-state index is 0.534. The Morgan fingerprint density at radius 1 is 1.33 bits per heavy atom. The van der Waals surface area contributed by atoms with Crippen molar-refractivity contribution in [2.45, 2.75) is 25.4 Å². The first-order valence-corrected chi connectivity index (χ1v) is 5.11. The number of rotatable bonds is 5. The van der Waals surface area contributed by atoms with Crippen LogP contribution >= 0.6 is 0 Å². The summed E-state index contributed by atoms with van der Waals surface area (Å²) in [5.74, 6) is 0. The Balaban J connectivity index is 2.36. The molecule has 78 valence electrons. The Labute approximate surface area is 90.5 Å². The largest absolute Gasteiger partial charge is 0.384 e. The predicted octanol–water partition coefficient (Wildman–Crippen LogP) is 2.97. The number of benzene rings is 1. The molecule has 15 heavy (non-hydrogen) atoms. The molecule has 0 fully saturated rings. The normalized spacial score (nSPS) is 12.5. The molecular weight excluding hydrogens is 186 g/mol. The lowest BCUT2D eigenvalue weighted by atomic mass is 10.1. The molecule has 0 aromatic heterocycles. The fraction of sp³-hybridized carbons (Fsp3) is 0.308. The van der Waals surface area contributed by atoms with Crippen LogP contribution < -0.4 is 0 Å². The third-order valence-electron chi connectivity index (χ3n) is 2.12. The molecule has 2 nitrogen and oxygen atoms in total. The summed E-state index contributed by atoms with van der Waals surface area (Å²) in [7, 11) is 0. The molecule has 0 saturated heterocycles. The number of hydrogen-bond donors (Lipinski definition) is 1. The molecule has 0 aliphatic rings. The molecule has 0 heterocycles. The third-order valence-corrected chi connectivity index (χ3v) is 2.12. The van der Waals surface area contributed by atoms with Gasteiger partial charge in [-0.1, -0.05) is 42.5 Å². The first-order valence-electron chi connectivity index (χ1n) is 5.11. The fourth-order valence-electron chi connectivity index (χ4n) is 1.29. The van der Waals surface area contributed by atoms with E-state index < -0.39 is 6.10 Å². The van der Waals surface area contributed by atoms with Crippen LogP contribution in [0.1, 0.15) is 30.9 Å². The van der Waals surface area contributed by atoms with Crippen LogP contribution in [-0.2, 0) is 0 Å². The molecule has 0 saturated carbocycles. The molecule has 1 N–H and O–H groups in total. The highest BCUT2D eigenvalue weighted by Crippen LogP contribution is 2.13. The highest BCUT2D eigenvalue weighted by Gasteiger charge is 2.00. The average Bonchev–Trinajstić information content (AvgIpc) is 2.30. The van der Waals surface area contributed by atoms with E-state index in [9.17, 15) is 5.11 Å². The van der Waals surface area contributed by atoms with Crippen molar-refractivity contribution in [1.29, 1.82) is 5.26 Å². The number of allylic oxidation sites excluding steroid dienone is 1. The van der Waals surface area contributed by atoms with Gasteiger partial charge in [-0.25, -0.2) is 0 Å². The standard InChI is InChI=1S/C13H15NO/c14-11-7-2-1-6-10-13(15)12-8-4-3-5-9-12/h3-6,8-10,13,15H,1-2,7H2/b10-6+/t13-/m1/s1. The van der Waals surface area contributed by atoms with E-state index in [-0.39, 0.29) is 0 Å². The molecule has 0 unspecified atom stereocenters. The van der Waals surface area contributed by atoms with Gasteiger partial charge in [0.25, 0.3) is 0 Å². The van der Waals surface area contributed by atoms with E-state index in [0.717, 1.165) is 18.4 Å². The van der Waals surface area contributed by atoms with Crippen LogP contribution in [0.3, 0.4) is 0 Å². The molecule has 0 aliphatic heterocycles. The summed E-state index contributed by atoms with van der Waals surface area (Å²) in [6.45, 7) is 0. The SMILES string of the molecule is N#CCCC/C=C/[C@@H](O)c1ccccc1. The Morgan fingerprint density at radius 3 is 2.73 bits per heavy atom. The highest BCUT2D eigenvalue weighted by atomic mass is 16.3. The van der Waals surface area contributed by atoms with Crippen molar-refractivity contribution >= 4 is 0 Å². The fourth-order valence-corrected chi connectivity index (χ4v) is 1.29. The maximum Gasteiger partial charge on any atom is 0.0971 e. The summed E-state index contributed by atoms with van der Waals surface area (Å²) in [5, 5.41) is 18.1. The molecule has 1 rings (SSSR count). The second-order valence-corrected chi connectivity index (χ2v) is 3.33. The zero-order chi connectivity index (χ0) is 10.9. The van der Waals surface area contributed by atoms with Gasteiger partial charge in [0, 0.05) is 6.42 Å². The van der Waals surface area contributed by atoms with Gasteiger partial charge in [0.2, 0.25) is 0 Å². The van der Waals surface area contributed by atoms with Gasteiger partial charge in [-0.05, 0) is 18.4 Å². The second-order valence-electron chi connectivity index (χ2n) is 3.33. The lowest BCUT2D eigenvalue weighted by molar-refractivity contribution is 0.228. The van der Waals surface area contributed by atoms with E-state index in [1.807, 2.05) is 36.4 Å². The van der Waals surface area contributed by atoms with Gasteiger partial charge < -0.3 is 5.11 Å². The summed E-state index contributed by atoms with van der Waals surface area (Å²) in [6.07, 6.45) is 5.44. The first kappa shape index (κ1) is 11.5. The van der Waals surface area contributed by atoms with Gasteiger partial charge in [-0.3, -0.25) is 0 Å². The van der Waals surface area contributed by atoms with Crippen molar-refractivity contribution in [2.24, 2.45) is 0 Å². The molecule has 1 atom stereocenters. The zero-order valence-electron chi connectivity index (χ0n) is 8.63. The van der Waals surface area contributed by atoms with Crippen LogP contribution in [0, 0.1) is 11.3 Å². The summed E-state index contributed by atoms with van der Waals surface area (Å²) >= 11 is 0. The van der Waals surface area contributed by atoms with Gasteiger partial charge in [-0.15, -0.1) is 0 Å². The van der Waals surface area contributed by atoms with Crippen LogP contribution in [0.2, 0.25) is 0 Å². The molecule has 1 aromatic rings. The third kappa shape index (κ3) is 4.44. The van der Waals surface area contributed by atoms with Crippen molar-refractivity contribution < 1.29 is 5.11 Å². The molecule has 0 spiro atoms. The van der Waals surface area contributed by atoms with Gasteiger partial charge >= 0.3 is 0 Å². The Hall–Kier alpha value is -1.59. The Kier molecular flexibility index (Phi) is 5.21. The average molecular weight is 201 g/mol. The van der Waals surface area contributed by atoms with Gasteiger partial charge in [0.1, 0.15) is 0 Å². The van der Waals surface area contributed by atoms with E-state index in [1.54, 1.807) is 6.08 Å². The number of nitrogens with zero attached hydrogens (tertiary/aromatic N) is 1. The van der Waals surface area contributed by atoms with Crippen molar-refractivity contribution in [3.05, 3.63) is 48.0 Å². The number of aliphatic hydroxyl groups excluding tert-OH is 1. The number of nitriles is 1. The smallest absolute Gasteiger partial charge is 0.0971 e. The monoisotopic (exact) mass is 201 g/mol. The quantitative estimate of drug-likeness (QED) is 0.588. The van der Waals surface area contributed by atoms with Gasteiger partial charge in [0.15, 0.2) is 0 Å². The molecular formula is C13H15NO. The van der Waals surface area contributed by atoms with Crippen molar-refractivity contribution in [2.75, 3.05) is 0 Å². The molecule has 0 radical (unpaired) electrons. The topological polar surface area (TPSA) is 44.0 Å². The van der Waals surface area contributed by atoms with Crippen LogP contribution in [0.4, 0.5) is 0 Å². The lowest BCUT2D eigenvalue weighted by Gasteiger charge is -2.04. The molecule has 0 bridgehead atoms. The predicted molar refractivity (Wildman–Crippen MR) is 60.0 cm³/mol. The second kappa shape index (κ2) is 6.80. The number of unbranched alkanes of at least 4 members (excludes halogenated alkanes) is 2. The Bertz CT molecular complexity index is 337. The van der Waals surface area contributed by atoms with E-state index in [1.165, 1.54) is 0 Å². The van der Waals surface area contributed by atoms with Crippen LogP contribution in [-0.4, -0.2) is 5.11 Å². The van der Waals surface area contributed by atoms with E-state index in [0.29, 0.717) is 6.42 Å².